The van der Waals surface area contributed by atoms with E-state index in [9.17, 15) is 9.59 Å². The van der Waals surface area contributed by atoms with E-state index in [4.69, 9.17) is 11.6 Å². The lowest BCUT2D eigenvalue weighted by Gasteiger charge is -2.05. The smallest absolute Gasteiger partial charge is 0.311 e. The highest BCUT2D eigenvalue weighted by Crippen LogP contribution is 2.22. The molecule has 0 unspecified atom stereocenters. The molecule has 21 heavy (non-hydrogen) atoms. The Balaban J connectivity index is 2.09. The van der Waals surface area contributed by atoms with E-state index in [1.807, 2.05) is 13.0 Å². The van der Waals surface area contributed by atoms with Crippen molar-refractivity contribution < 1.29 is 14.3 Å². The molecule has 0 saturated carbocycles. The van der Waals surface area contributed by atoms with Crippen molar-refractivity contribution in [1.82, 2.24) is 4.98 Å². The van der Waals surface area contributed by atoms with E-state index in [-0.39, 0.29) is 18.3 Å². The molecule has 2 aromatic rings. The molecule has 1 aromatic heterocycles. The van der Waals surface area contributed by atoms with E-state index in [0.717, 1.165) is 5.56 Å². The molecular weight excluding hydrogens is 312 g/mol. The van der Waals surface area contributed by atoms with Gasteiger partial charge in [-0.15, -0.1) is 11.3 Å². The van der Waals surface area contributed by atoms with Crippen LogP contribution in [0.2, 0.25) is 5.02 Å². The van der Waals surface area contributed by atoms with Gasteiger partial charge in [0.25, 0.3) is 5.91 Å². The Morgan fingerprint density at radius 3 is 2.90 bits per heavy atom. The number of aryl methyl sites for hydroxylation is 1. The van der Waals surface area contributed by atoms with Gasteiger partial charge in [-0.3, -0.25) is 14.9 Å². The number of carbonyl (C=O) groups excluding carboxylic acids is 2. The van der Waals surface area contributed by atoms with Crippen LogP contribution in [0.4, 0.5) is 5.13 Å². The summed E-state index contributed by atoms with van der Waals surface area (Å²) in [6.45, 7) is 1.83. The maximum absolute atomic E-state index is 12.2. The Morgan fingerprint density at radius 2 is 2.19 bits per heavy atom. The van der Waals surface area contributed by atoms with Gasteiger partial charge in [-0.1, -0.05) is 23.7 Å². The monoisotopic (exact) mass is 324 g/mol. The van der Waals surface area contributed by atoms with Gasteiger partial charge in [0.1, 0.15) is 0 Å². The molecule has 0 saturated heterocycles. The van der Waals surface area contributed by atoms with Gasteiger partial charge < -0.3 is 4.74 Å². The molecule has 0 aliphatic heterocycles. The molecule has 0 atom stereocenters. The van der Waals surface area contributed by atoms with Crippen LogP contribution in [0, 0.1) is 6.92 Å². The van der Waals surface area contributed by atoms with Crippen molar-refractivity contribution in [3.63, 3.8) is 0 Å². The third-order valence-electron chi connectivity index (χ3n) is 2.76. The van der Waals surface area contributed by atoms with Crippen LogP contribution in [0.5, 0.6) is 0 Å². The normalized spacial score (nSPS) is 10.2. The van der Waals surface area contributed by atoms with Gasteiger partial charge in [0.05, 0.1) is 29.8 Å². The zero-order chi connectivity index (χ0) is 15.4. The average molecular weight is 325 g/mol. The number of aromatic nitrogens is 1. The van der Waals surface area contributed by atoms with E-state index < -0.39 is 0 Å². The van der Waals surface area contributed by atoms with Crippen LogP contribution in [0.15, 0.2) is 23.6 Å². The molecule has 1 heterocycles. The number of ether oxygens (including phenoxy) is 1. The number of methoxy groups -OCH3 is 1. The summed E-state index contributed by atoms with van der Waals surface area (Å²) >= 11 is 7.35. The van der Waals surface area contributed by atoms with Crippen LogP contribution in [0.25, 0.3) is 0 Å². The highest BCUT2D eigenvalue weighted by atomic mass is 35.5. The first kappa shape index (κ1) is 15.5. The lowest BCUT2D eigenvalue weighted by Crippen LogP contribution is -2.13. The number of esters is 1. The van der Waals surface area contributed by atoms with Crippen molar-refractivity contribution in [1.29, 1.82) is 0 Å². The number of benzene rings is 1. The molecule has 0 aliphatic carbocycles. The van der Waals surface area contributed by atoms with Gasteiger partial charge in [0, 0.05) is 5.38 Å². The Kier molecular flexibility index (Phi) is 4.93. The second-order valence-electron chi connectivity index (χ2n) is 4.29. The van der Waals surface area contributed by atoms with Crippen molar-refractivity contribution in [3.8, 4) is 0 Å². The molecule has 2 rings (SSSR count). The molecule has 1 amide bonds. The minimum Gasteiger partial charge on any atom is -0.469 e. The zero-order valence-electron chi connectivity index (χ0n) is 11.5. The largest absolute Gasteiger partial charge is 0.469 e. The van der Waals surface area contributed by atoms with E-state index in [0.29, 0.717) is 21.4 Å². The third kappa shape index (κ3) is 3.80. The predicted octanol–water partition coefficient (Wildman–Crippen LogP) is 3.07. The SMILES string of the molecule is COC(=O)Cc1csc(NC(=O)c2cccc(C)c2Cl)n1. The second-order valence-corrected chi connectivity index (χ2v) is 5.52. The quantitative estimate of drug-likeness (QED) is 0.878. The van der Waals surface area contributed by atoms with Gasteiger partial charge in [-0.2, -0.15) is 0 Å². The molecule has 110 valence electrons. The molecule has 0 fully saturated rings. The number of anilines is 1. The number of hydrogen-bond acceptors (Lipinski definition) is 5. The van der Waals surface area contributed by atoms with Gasteiger partial charge in [-0.05, 0) is 18.6 Å². The van der Waals surface area contributed by atoms with Crippen LogP contribution in [-0.4, -0.2) is 24.0 Å². The molecule has 1 N–H and O–H groups in total. The van der Waals surface area contributed by atoms with E-state index in [1.165, 1.54) is 18.4 Å². The number of amides is 1. The summed E-state index contributed by atoms with van der Waals surface area (Å²) in [6, 6.07) is 5.24. The summed E-state index contributed by atoms with van der Waals surface area (Å²) < 4.78 is 4.56. The number of nitrogens with zero attached hydrogens (tertiary/aromatic N) is 1. The molecule has 5 nitrogen and oxygen atoms in total. The number of hydrogen-bond donors (Lipinski definition) is 1. The Morgan fingerprint density at radius 1 is 1.43 bits per heavy atom. The molecule has 0 aliphatic rings. The first-order valence-corrected chi connectivity index (χ1v) is 7.34. The second kappa shape index (κ2) is 6.69. The van der Waals surface area contributed by atoms with Gasteiger partial charge in [0.2, 0.25) is 0 Å². The van der Waals surface area contributed by atoms with Crippen molar-refractivity contribution in [2.75, 3.05) is 12.4 Å². The van der Waals surface area contributed by atoms with Crippen molar-refractivity contribution in [2.45, 2.75) is 13.3 Å². The van der Waals surface area contributed by atoms with Crippen LogP contribution in [0.1, 0.15) is 21.6 Å². The highest BCUT2D eigenvalue weighted by molar-refractivity contribution is 7.14. The first-order valence-electron chi connectivity index (χ1n) is 6.09. The Hall–Kier alpha value is -1.92. The highest BCUT2D eigenvalue weighted by Gasteiger charge is 2.14. The van der Waals surface area contributed by atoms with E-state index in [2.05, 4.69) is 15.0 Å². The van der Waals surface area contributed by atoms with Gasteiger partial charge in [0.15, 0.2) is 5.13 Å². The summed E-state index contributed by atoms with van der Waals surface area (Å²) in [5.41, 5.74) is 1.77. The lowest BCUT2D eigenvalue weighted by molar-refractivity contribution is -0.139. The molecule has 0 radical (unpaired) electrons. The van der Waals surface area contributed by atoms with Gasteiger partial charge >= 0.3 is 5.97 Å². The van der Waals surface area contributed by atoms with Crippen molar-refractivity contribution >= 4 is 39.9 Å². The number of carbonyl (C=O) groups is 2. The van der Waals surface area contributed by atoms with Crippen molar-refractivity contribution in [3.05, 3.63) is 45.4 Å². The van der Waals surface area contributed by atoms with Crippen LogP contribution >= 0.6 is 22.9 Å². The molecule has 7 heteroatoms. The topological polar surface area (TPSA) is 68.3 Å². The zero-order valence-corrected chi connectivity index (χ0v) is 13.0. The number of halogens is 1. The molecule has 0 spiro atoms. The minimum absolute atomic E-state index is 0.0775. The summed E-state index contributed by atoms with van der Waals surface area (Å²) in [4.78, 5) is 27.5. The first-order chi connectivity index (χ1) is 10.0. The van der Waals surface area contributed by atoms with Crippen LogP contribution < -0.4 is 5.32 Å². The maximum Gasteiger partial charge on any atom is 0.311 e. The summed E-state index contributed by atoms with van der Waals surface area (Å²) in [5.74, 6) is -0.706. The fourth-order valence-corrected chi connectivity index (χ4v) is 2.57. The number of thiazole rings is 1. The standard InChI is InChI=1S/C14H13ClN2O3S/c1-8-4-3-5-10(12(8)15)13(19)17-14-16-9(7-21-14)6-11(18)20-2/h3-5,7H,6H2,1-2H3,(H,16,17,19). The Bertz CT molecular complexity index is 685. The lowest BCUT2D eigenvalue weighted by atomic mass is 10.1. The van der Waals surface area contributed by atoms with E-state index in [1.54, 1.807) is 17.5 Å². The summed E-state index contributed by atoms with van der Waals surface area (Å²) in [7, 11) is 1.32. The fourth-order valence-electron chi connectivity index (χ4n) is 1.65. The van der Waals surface area contributed by atoms with Gasteiger partial charge in [-0.25, -0.2) is 4.98 Å². The fraction of sp³-hybridized carbons (Fsp3) is 0.214. The number of nitrogens with one attached hydrogen (secondary N) is 1. The Labute approximate surface area is 130 Å². The predicted molar refractivity (Wildman–Crippen MR) is 82.0 cm³/mol. The maximum atomic E-state index is 12.2. The van der Waals surface area contributed by atoms with Crippen molar-refractivity contribution in [2.24, 2.45) is 0 Å². The third-order valence-corrected chi connectivity index (χ3v) is 4.07. The number of rotatable bonds is 4. The summed E-state index contributed by atoms with van der Waals surface area (Å²) in [6.07, 6.45) is 0.0775. The summed E-state index contributed by atoms with van der Waals surface area (Å²) in [5, 5.41) is 5.20. The molecule has 1 aromatic carbocycles. The van der Waals surface area contributed by atoms with Crippen LogP contribution in [-0.2, 0) is 16.0 Å². The molecule has 0 bridgehead atoms. The van der Waals surface area contributed by atoms with Crippen LogP contribution in [0.3, 0.4) is 0 Å². The van der Waals surface area contributed by atoms with E-state index >= 15 is 0 Å². The minimum atomic E-state index is -0.375. The molecular formula is C14H13ClN2O3S. The average Bonchev–Trinajstić information content (AvgIpc) is 2.88.